The van der Waals surface area contributed by atoms with E-state index in [-0.39, 0.29) is 17.3 Å². The SMILES string of the molecule is CC(C)C(C)c1ncc(C#N)cc1F. The Balaban J connectivity index is 3.07. The molecular formula is C11H13FN2. The Kier molecular flexibility index (Phi) is 3.19. The molecule has 0 saturated carbocycles. The van der Waals surface area contributed by atoms with Gasteiger partial charge in [-0.25, -0.2) is 4.39 Å². The Morgan fingerprint density at radius 2 is 2.07 bits per heavy atom. The summed E-state index contributed by atoms with van der Waals surface area (Å²) in [4.78, 5) is 3.97. The van der Waals surface area contributed by atoms with E-state index in [1.165, 1.54) is 12.3 Å². The van der Waals surface area contributed by atoms with E-state index < -0.39 is 0 Å². The molecule has 0 aliphatic carbocycles. The Morgan fingerprint density at radius 1 is 1.43 bits per heavy atom. The van der Waals surface area contributed by atoms with E-state index in [0.29, 0.717) is 11.6 Å². The molecule has 2 nitrogen and oxygen atoms in total. The van der Waals surface area contributed by atoms with Crippen LogP contribution in [0, 0.1) is 23.1 Å². The highest BCUT2D eigenvalue weighted by atomic mass is 19.1. The first-order valence-corrected chi connectivity index (χ1v) is 4.61. The highest BCUT2D eigenvalue weighted by molar-refractivity contribution is 5.28. The number of hydrogen-bond acceptors (Lipinski definition) is 2. The summed E-state index contributed by atoms with van der Waals surface area (Å²) in [6.45, 7) is 5.97. The van der Waals surface area contributed by atoms with Crippen LogP contribution in [0.2, 0.25) is 0 Å². The van der Waals surface area contributed by atoms with Crippen molar-refractivity contribution in [3.8, 4) is 6.07 Å². The van der Waals surface area contributed by atoms with Crippen LogP contribution in [0.3, 0.4) is 0 Å². The summed E-state index contributed by atoms with van der Waals surface area (Å²) in [5, 5.41) is 8.54. The predicted molar refractivity (Wildman–Crippen MR) is 52.2 cm³/mol. The number of rotatable bonds is 2. The molecule has 74 valence electrons. The van der Waals surface area contributed by atoms with Gasteiger partial charge in [-0.2, -0.15) is 5.26 Å². The minimum absolute atomic E-state index is 0.0720. The fourth-order valence-electron chi connectivity index (χ4n) is 1.16. The van der Waals surface area contributed by atoms with Crippen molar-refractivity contribution in [1.82, 2.24) is 4.98 Å². The second kappa shape index (κ2) is 4.19. The van der Waals surface area contributed by atoms with Crippen molar-refractivity contribution < 1.29 is 4.39 Å². The lowest BCUT2D eigenvalue weighted by atomic mass is 9.94. The van der Waals surface area contributed by atoms with E-state index in [4.69, 9.17) is 5.26 Å². The van der Waals surface area contributed by atoms with Crippen LogP contribution < -0.4 is 0 Å². The monoisotopic (exact) mass is 192 g/mol. The first-order valence-electron chi connectivity index (χ1n) is 4.61. The third-order valence-electron chi connectivity index (χ3n) is 2.43. The molecule has 0 saturated heterocycles. The van der Waals surface area contributed by atoms with Gasteiger partial charge >= 0.3 is 0 Å². The molecule has 1 aromatic rings. The number of nitrogens with zero attached hydrogens (tertiary/aromatic N) is 2. The molecule has 0 amide bonds. The molecule has 0 aliphatic heterocycles. The fourth-order valence-corrected chi connectivity index (χ4v) is 1.16. The average molecular weight is 192 g/mol. The Morgan fingerprint density at radius 3 is 2.50 bits per heavy atom. The minimum atomic E-state index is -0.384. The lowest BCUT2D eigenvalue weighted by molar-refractivity contribution is 0.487. The van der Waals surface area contributed by atoms with Crippen molar-refractivity contribution in [2.45, 2.75) is 26.7 Å². The average Bonchev–Trinajstić information content (AvgIpc) is 2.16. The van der Waals surface area contributed by atoms with Crippen molar-refractivity contribution in [2.75, 3.05) is 0 Å². The summed E-state index contributed by atoms with van der Waals surface area (Å²) in [5.74, 6) is 0.0259. The third kappa shape index (κ3) is 2.08. The van der Waals surface area contributed by atoms with Gasteiger partial charge in [-0.15, -0.1) is 0 Å². The van der Waals surface area contributed by atoms with Crippen molar-refractivity contribution in [3.05, 3.63) is 29.3 Å². The first-order chi connectivity index (χ1) is 6.56. The van der Waals surface area contributed by atoms with Gasteiger partial charge in [-0.05, 0) is 12.0 Å². The van der Waals surface area contributed by atoms with Crippen LogP contribution in [0.4, 0.5) is 4.39 Å². The normalized spacial score (nSPS) is 12.6. The summed E-state index contributed by atoms with van der Waals surface area (Å²) in [5.41, 5.74) is 0.709. The molecule has 0 aromatic carbocycles. The van der Waals surface area contributed by atoms with Crippen LogP contribution in [0.5, 0.6) is 0 Å². The van der Waals surface area contributed by atoms with Crippen LogP contribution in [-0.4, -0.2) is 4.98 Å². The van der Waals surface area contributed by atoms with E-state index in [1.807, 2.05) is 26.8 Å². The number of hydrogen-bond donors (Lipinski definition) is 0. The molecule has 1 heterocycles. The Labute approximate surface area is 83.4 Å². The van der Waals surface area contributed by atoms with Crippen molar-refractivity contribution in [1.29, 1.82) is 5.26 Å². The van der Waals surface area contributed by atoms with Gasteiger partial charge in [-0.1, -0.05) is 20.8 Å². The molecular weight excluding hydrogens is 179 g/mol. The van der Waals surface area contributed by atoms with Crippen molar-refractivity contribution in [3.63, 3.8) is 0 Å². The summed E-state index contributed by atoms with van der Waals surface area (Å²) in [6.07, 6.45) is 1.41. The van der Waals surface area contributed by atoms with Crippen molar-refractivity contribution >= 4 is 0 Å². The largest absolute Gasteiger partial charge is 0.257 e. The molecule has 0 fully saturated rings. The van der Waals surface area contributed by atoms with Crippen LogP contribution in [-0.2, 0) is 0 Å². The Hall–Kier alpha value is -1.43. The highest BCUT2D eigenvalue weighted by Gasteiger charge is 2.16. The molecule has 3 heteroatoms. The van der Waals surface area contributed by atoms with E-state index in [0.717, 1.165) is 0 Å². The quantitative estimate of drug-likeness (QED) is 0.722. The smallest absolute Gasteiger partial charge is 0.146 e. The predicted octanol–water partition coefficient (Wildman–Crippen LogP) is 2.85. The van der Waals surface area contributed by atoms with Gasteiger partial charge in [0.05, 0.1) is 11.3 Å². The van der Waals surface area contributed by atoms with Gasteiger partial charge in [-0.3, -0.25) is 4.98 Å². The zero-order valence-corrected chi connectivity index (χ0v) is 8.58. The van der Waals surface area contributed by atoms with E-state index in [1.54, 1.807) is 0 Å². The van der Waals surface area contributed by atoms with E-state index in [2.05, 4.69) is 4.98 Å². The fraction of sp³-hybridized carbons (Fsp3) is 0.455. The molecule has 1 rings (SSSR count). The van der Waals surface area contributed by atoms with Crippen LogP contribution in [0.15, 0.2) is 12.3 Å². The van der Waals surface area contributed by atoms with Gasteiger partial charge in [0.25, 0.3) is 0 Å². The Bertz CT molecular complexity index is 366. The van der Waals surface area contributed by atoms with E-state index >= 15 is 0 Å². The van der Waals surface area contributed by atoms with Gasteiger partial charge < -0.3 is 0 Å². The topological polar surface area (TPSA) is 36.7 Å². The second-order valence-corrected chi connectivity index (χ2v) is 3.74. The number of halogens is 1. The number of aromatic nitrogens is 1. The zero-order chi connectivity index (χ0) is 10.7. The molecule has 0 N–H and O–H groups in total. The van der Waals surface area contributed by atoms with Gasteiger partial charge in [0.15, 0.2) is 0 Å². The second-order valence-electron chi connectivity index (χ2n) is 3.74. The van der Waals surface area contributed by atoms with Crippen molar-refractivity contribution in [2.24, 2.45) is 5.92 Å². The van der Waals surface area contributed by atoms with Crippen LogP contribution in [0.1, 0.15) is 37.9 Å². The molecule has 1 atom stereocenters. The maximum atomic E-state index is 13.4. The summed E-state index contributed by atoms with van der Waals surface area (Å²) < 4.78 is 13.4. The van der Waals surface area contributed by atoms with Gasteiger partial charge in [0, 0.05) is 12.1 Å². The molecule has 0 aliphatic rings. The molecule has 0 spiro atoms. The molecule has 0 bridgehead atoms. The first kappa shape index (κ1) is 10.6. The highest BCUT2D eigenvalue weighted by Crippen LogP contribution is 2.24. The summed E-state index contributed by atoms with van der Waals surface area (Å²) in [7, 11) is 0. The van der Waals surface area contributed by atoms with Crippen LogP contribution >= 0.6 is 0 Å². The standard InChI is InChI=1S/C11H13FN2/c1-7(2)8(3)11-10(12)4-9(5-13)6-14-11/h4,6-8H,1-3H3. The molecule has 1 unspecified atom stereocenters. The molecule has 14 heavy (non-hydrogen) atoms. The molecule has 1 aromatic heterocycles. The third-order valence-corrected chi connectivity index (χ3v) is 2.43. The minimum Gasteiger partial charge on any atom is -0.257 e. The lowest BCUT2D eigenvalue weighted by Gasteiger charge is -2.15. The van der Waals surface area contributed by atoms with E-state index in [9.17, 15) is 4.39 Å². The van der Waals surface area contributed by atoms with Crippen LogP contribution in [0.25, 0.3) is 0 Å². The maximum Gasteiger partial charge on any atom is 0.146 e. The number of pyridine rings is 1. The zero-order valence-electron chi connectivity index (χ0n) is 8.58. The number of nitriles is 1. The lowest BCUT2D eigenvalue weighted by Crippen LogP contribution is -2.07. The summed E-state index contributed by atoms with van der Waals surface area (Å²) in [6, 6.07) is 3.10. The molecule has 0 radical (unpaired) electrons. The maximum absolute atomic E-state index is 13.4. The summed E-state index contributed by atoms with van der Waals surface area (Å²) >= 11 is 0. The van der Waals surface area contributed by atoms with Gasteiger partial charge in [0.2, 0.25) is 0 Å². The van der Waals surface area contributed by atoms with Gasteiger partial charge in [0.1, 0.15) is 11.9 Å².